The number of likely N-dealkylation sites (N-methyl/N-ethyl adjacent to an activating group) is 1. The molecule has 0 fully saturated rings. The fraction of sp³-hybridized carbons (Fsp3) is 0.286. The number of rotatable bonds is 3. The van der Waals surface area contributed by atoms with Crippen LogP contribution in [0.5, 0.6) is 0 Å². The number of anilines is 2. The maximum absolute atomic E-state index is 10.8. The van der Waals surface area contributed by atoms with E-state index in [2.05, 4.69) is 20.6 Å². The molecule has 6 heteroatoms. The molecule has 6 nitrogen and oxygen atoms in total. The van der Waals surface area contributed by atoms with Crippen molar-refractivity contribution in [1.29, 1.82) is 0 Å². The molecule has 0 atom stereocenters. The minimum Gasteiger partial charge on any atom is -0.382 e. The number of aromatic nitrogens is 2. The molecule has 1 rings (SSSR count). The van der Waals surface area contributed by atoms with E-state index in [0.717, 1.165) is 0 Å². The van der Waals surface area contributed by atoms with Crippen LogP contribution in [0, 0.1) is 0 Å². The van der Waals surface area contributed by atoms with Gasteiger partial charge in [0, 0.05) is 7.05 Å². The fourth-order valence-corrected chi connectivity index (χ4v) is 0.725. The van der Waals surface area contributed by atoms with Crippen LogP contribution in [0.4, 0.5) is 11.6 Å². The van der Waals surface area contributed by atoms with E-state index in [1.165, 1.54) is 12.4 Å². The molecule has 0 aliphatic carbocycles. The Morgan fingerprint density at radius 2 is 2.38 bits per heavy atom. The zero-order valence-corrected chi connectivity index (χ0v) is 7.24. The first-order valence-electron chi connectivity index (χ1n) is 3.74. The van der Waals surface area contributed by atoms with E-state index >= 15 is 0 Å². The van der Waals surface area contributed by atoms with Gasteiger partial charge in [-0.05, 0) is 0 Å². The highest BCUT2D eigenvalue weighted by Crippen LogP contribution is 2.01. The SMILES string of the molecule is CNC(=O)CNc1cncc(N)n1. The summed E-state index contributed by atoms with van der Waals surface area (Å²) in [6, 6.07) is 0. The number of nitrogens with two attached hydrogens (primary N) is 1. The molecule has 0 aliphatic heterocycles. The Hall–Kier alpha value is -1.85. The molecule has 70 valence electrons. The lowest BCUT2D eigenvalue weighted by Crippen LogP contribution is -2.26. The first kappa shape index (κ1) is 9.24. The second-order valence-electron chi connectivity index (χ2n) is 2.36. The van der Waals surface area contributed by atoms with Gasteiger partial charge in [0.25, 0.3) is 0 Å². The third kappa shape index (κ3) is 2.94. The largest absolute Gasteiger partial charge is 0.382 e. The maximum atomic E-state index is 10.8. The van der Waals surface area contributed by atoms with Crippen LogP contribution in [0.1, 0.15) is 0 Å². The molecule has 1 aromatic rings. The van der Waals surface area contributed by atoms with E-state index in [0.29, 0.717) is 11.6 Å². The monoisotopic (exact) mass is 181 g/mol. The molecule has 1 amide bonds. The van der Waals surface area contributed by atoms with E-state index in [-0.39, 0.29) is 12.5 Å². The van der Waals surface area contributed by atoms with E-state index < -0.39 is 0 Å². The fourth-order valence-electron chi connectivity index (χ4n) is 0.725. The number of carbonyl (C=O) groups is 1. The van der Waals surface area contributed by atoms with Crippen molar-refractivity contribution in [3.8, 4) is 0 Å². The molecule has 0 radical (unpaired) electrons. The summed E-state index contributed by atoms with van der Waals surface area (Å²) >= 11 is 0. The Kier molecular flexibility index (Phi) is 3.02. The summed E-state index contributed by atoms with van der Waals surface area (Å²) in [5, 5.41) is 5.24. The molecule has 0 aliphatic rings. The number of nitrogens with one attached hydrogen (secondary N) is 2. The molecule has 0 spiro atoms. The van der Waals surface area contributed by atoms with Gasteiger partial charge in [-0.15, -0.1) is 0 Å². The number of hydrogen-bond donors (Lipinski definition) is 3. The molecule has 13 heavy (non-hydrogen) atoms. The number of amides is 1. The maximum Gasteiger partial charge on any atom is 0.239 e. The number of nitrogen functional groups attached to an aromatic ring is 1. The van der Waals surface area contributed by atoms with Gasteiger partial charge >= 0.3 is 0 Å². The Morgan fingerprint density at radius 3 is 3.00 bits per heavy atom. The van der Waals surface area contributed by atoms with Gasteiger partial charge in [-0.3, -0.25) is 9.78 Å². The second kappa shape index (κ2) is 4.24. The van der Waals surface area contributed by atoms with Crippen LogP contribution in [0.25, 0.3) is 0 Å². The van der Waals surface area contributed by atoms with Gasteiger partial charge < -0.3 is 16.4 Å². The predicted octanol–water partition coefficient (Wildman–Crippen LogP) is -0.783. The van der Waals surface area contributed by atoms with Gasteiger partial charge in [0.05, 0.1) is 18.9 Å². The molecule has 0 aromatic carbocycles. The molecular weight excluding hydrogens is 170 g/mol. The van der Waals surface area contributed by atoms with Crippen LogP contribution in [-0.2, 0) is 4.79 Å². The topological polar surface area (TPSA) is 92.9 Å². The van der Waals surface area contributed by atoms with E-state index in [1.807, 2.05) is 0 Å². The van der Waals surface area contributed by atoms with Crippen molar-refractivity contribution in [2.75, 3.05) is 24.6 Å². The van der Waals surface area contributed by atoms with Gasteiger partial charge in [0.1, 0.15) is 11.6 Å². The highest BCUT2D eigenvalue weighted by atomic mass is 16.1. The smallest absolute Gasteiger partial charge is 0.239 e. The summed E-state index contributed by atoms with van der Waals surface area (Å²) in [5.74, 6) is 0.690. The molecule has 1 aromatic heterocycles. The minimum absolute atomic E-state index is 0.121. The van der Waals surface area contributed by atoms with Crippen LogP contribution in [0.3, 0.4) is 0 Å². The predicted molar refractivity (Wildman–Crippen MR) is 49.0 cm³/mol. The molecule has 4 N–H and O–H groups in total. The average Bonchev–Trinajstić information content (AvgIpc) is 2.14. The Morgan fingerprint density at radius 1 is 1.62 bits per heavy atom. The first-order valence-corrected chi connectivity index (χ1v) is 3.74. The molecular formula is C7H11N5O. The van der Waals surface area contributed by atoms with Gasteiger partial charge in [-0.25, -0.2) is 4.98 Å². The summed E-state index contributed by atoms with van der Waals surface area (Å²) < 4.78 is 0. The molecule has 0 saturated heterocycles. The summed E-state index contributed by atoms with van der Waals surface area (Å²) in [6.45, 7) is 0.161. The average molecular weight is 181 g/mol. The van der Waals surface area contributed by atoms with Gasteiger partial charge in [-0.2, -0.15) is 0 Å². The normalized spacial score (nSPS) is 9.31. The van der Waals surface area contributed by atoms with Gasteiger partial charge in [0.2, 0.25) is 5.91 Å². The highest BCUT2D eigenvalue weighted by Gasteiger charge is 1.98. The zero-order chi connectivity index (χ0) is 9.68. The van der Waals surface area contributed by atoms with E-state index in [1.54, 1.807) is 7.05 Å². The summed E-state index contributed by atoms with van der Waals surface area (Å²) in [7, 11) is 1.56. The lowest BCUT2D eigenvalue weighted by atomic mass is 10.5. The van der Waals surface area contributed by atoms with Crippen LogP contribution in [-0.4, -0.2) is 29.5 Å². The standard InChI is InChI=1S/C7H11N5O/c1-9-7(13)4-11-6-3-10-2-5(8)12-6/h2-3H,4H2,1H3,(H,9,13)(H3,8,11,12). The highest BCUT2D eigenvalue weighted by molar-refractivity contribution is 5.79. The molecule has 0 saturated carbocycles. The van der Waals surface area contributed by atoms with Crippen LogP contribution in [0.15, 0.2) is 12.4 Å². The lowest BCUT2D eigenvalue weighted by molar-refractivity contribution is -0.118. The summed E-state index contributed by atoms with van der Waals surface area (Å²) in [5.41, 5.74) is 5.38. The van der Waals surface area contributed by atoms with Gasteiger partial charge in [0.15, 0.2) is 0 Å². The quantitative estimate of drug-likeness (QED) is 0.568. The summed E-state index contributed by atoms with van der Waals surface area (Å²) in [6.07, 6.45) is 2.93. The Labute approximate surface area is 75.6 Å². The summed E-state index contributed by atoms with van der Waals surface area (Å²) in [4.78, 5) is 18.5. The third-order valence-electron chi connectivity index (χ3n) is 1.36. The van der Waals surface area contributed by atoms with E-state index in [4.69, 9.17) is 5.73 Å². The van der Waals surface area contributed by atoms with Gasteiger partial charge in [-0.1, -0.05) is 0 Å². The number of hydrogen-bond acceptors (Lipinski definition) is 5. The van der Waals surface area contributed by atoms with Crippen LogP contribution < -0.4 is 16.4 Å². The van der Waals surface area contributed by atoms with Crippen molar-refractivity contribution < 1.29 is 4.79 Å². The van der Waals surface area contributed by atoms with Crippen molar-refractivity contribution in [2.24, 2.45) is 0 Å². The third-order valence-corrected chi connectivity index (χ3v) is 1.36. The first-order chi connectivity index (χ1) is 6.22. The Bertz CT molecular complexity index is 301. The van der Waals surface area contributed by atoms with Crippen molar-refractivity contribution in [3.05, 3.63) is 12.4 Å². The molecule has 0 unspecified atom stereocenters. The van der Waals surface area contributed by atoms with Crippen molar-refractivity contribution in [3.63, 3.8) is 0 Å². The lowest BCUT2D eigenvalue weighted by Gasteiger charge is -2.03. The molecule has 1 heterocycles. The van der Waals surface area contributed by atoms with Crippen LogP contribution >= 0.6 is 0 Å². The minimum atomic E-state index is -0.121. The van der Waals surface area contributed by atoms with Crippen LogP contribution in [0.2, 0.25) is 0 Å². The van der Waals surface area contributed by atoms with Crippen molar-refractivity contribution in [2.45, 2.75) is 0 Å². The van der Waals surface area contributed by atoms with E-state index in [9.17, 15) is 4.79 Å². The molecule has 0 bridgehead atoms. The number of carbonyl (C=O) groups excluding carboxylic acids is 1. The zero-order valence-electron chi connectivity index (χ0n) is 7.24. The second-order valence-corrected chi connectivity index (χ2v) is 2.36. The van der Waals surface area contributed by atoms with Crippen molar-refractivity contribution in [1.82, 2.24) is 15.3 Å². The number of nitrogens with zero attached hydrogens (tertiary/aromatic N) is 2. The van der Waals surface area contributed by atoms with Crippen molar-refractivity contribution >= 4 is 17.5 Å². The Balaban J connectivity index is 2.50.